The minimum atomic E-state index is -0.0774. The molecule has 0 aliphatic carbocycles. The number of aryl methyl sites for hydroxylation is 2. The van der Waals surface area contributed by atoms with Gasteiger partial charge in [0.1, 0.15) is 5.01 Å². The highest BCUT2D eigenvalue weighted by Gasteiger charge is 2.17. The van der Waals surface area contributed by atoms with E-state index in [9.17, 15) is 4.79 Å². The molecule has 0 saturated heterocycles. The lowest BCUT2D eigenvalue weighted by atomic mass is 10.1. The molecular formula is C15H23N5OS. The number of amides is 1. The molecule has 2 aromatic rings. The first-order valence-corrected chi connectivity index (χ1v) is 8.40. The Balaban J connectivity index is 2.03. The number of aromatic nitrogens is 4. The van der Waals surface area contributed by atoms with Crippen molar-refractivity contribution in [2.45, 2.75) is 52.9 Å². The quantitative estimate of drug-likeness (QED) is 0.888. The van der Waals surface area contributed by atoms with Crippen LogP contribution in [0.3, 0.4) is 0 Å². The van der Waals surface area contributed by atoms with Gasteiger partial charge in [0.05, 0.1) is 12.1 Å². The number of anilines is 1. The maximum Gasteiger partial charge on any atom is 0.230 e. The fourth-order valence-corrected chi connectivity index (χ4v) is 3.51. The van der Waals surface area contributed by atoms with Crippen molar-refractivity contribution in [2.24, 2.45) is 7.05 Å². The topological polar surface area (TPSA) is 72.7 Å². The van der Waals surface area contributed by atoms with Crippen LogP contribution in [0.4, 0.5) is 5.13 Å². The van der Waals surface area contributed by atoms with Gasteiger partial charge >= 0.3 is 0 Å². The number of carbonyl (C=O) groups excluding carboxylic acids is 1. The van der Waals surface area contributed by atoms with Gasteiger partial charge in [-0.2, -0.15) is 5.10 Å². The summed E-state index contributed by atoms with van der Waals surface area (Å²) in [5.74, 6) is 0.345. The summed E-state index contributed by atoms with van der Waals surface area (Å²) >= 11 is 1.47. The van der Waals surface area contributed by atoms with Gasteiger partial charge in [-0.05, 0) is 26.7 Å². The second-order valence-electron chi connectivity index (χ2n) is 5.46. The summed E-state index contributed by atoms with van der Waals surface area (Å²) in [6, 6.07) is 0. The van der Waals surface area contributed by atoms with Gasteiger partial charge < -0.3 is 5.32 Å². The third-order valence-corrected chi connectivity index (χ3v) is 5.02. The van der Waals surface area contributed by atoms with Gasteiger partial charge in [0, 0.05) is 24.2 Å². The van der Waals surface area contributed by atoms with Gasteiger partial charge in [0.15, 0.2) is 0 Å². The van der Waals surface area contributed by atoms with Crippen LogP contribution in [0.25, 0.3) is 0 Å². The zero-order chi connectivity index (χ0) is 16.3. The van der Waals surface area contributed by atoms with Gasteiger partial charge in [-0.25, -0.2) is 0 Å². The molecule has 0 spiro atoms. The molecule has 7 heteroatoms. The van der Waals surface area contributed by atoms with Crippen LogP contribution in [0.5, 0.6) is 0 Å². The summed E-state index contributed by atoms with van der Waals surface area (Å²) in [6.45, 7) is 8.17. The minimum absolute atomic E-state index is 0.0774. The lowest BCUT2D eigenvalue weighted by molar-refractivity contribution is -0.115. The Labute approximate surface area is 135 Å². The van der Waals surface area contributed by atoms with Crippen LogP contribution in [-0.2, 0) is 18.3 Å². The standard InChI is InChI=1S/C15H23N5OS/c1-6-11(7-2)14-17-18-15(22-14)16-13(21)8-12-9(3)19-20(5)10(12)4/h11H,6-8H2,1-5H3,(H,16,18,21). The number of hydrogen-bond acceptors (Lipinski definition) is 5. The zero-order valence-corrected chi connectivity index (χ0v) is 14.6. The van der Waals surface area contributed by atoms with Crippen molar-refractivity contribution < 1.29 is 4.79 Å². The predicted molar refractivity (Wildman–Crippen MR) is 88.2 cm³/mol. The second kappa shape index (κ2) is 7.00. The third-order valence-electron chi connectivity index (χ3n) is 4.02. The van der Waals surface area contributed by atoms with Crippen molar-refractivity contribution in [1.29, 1.82) is 0 Å². The minimum Gasteiger partial charge on any atom is -0.300 e. The largest absolute Gasteiger partial charge is 0.300 e. The molecule has 0 atom stereocenters. The van der Waals surface area contributed by atoms with Gasteiger partial charge in [0.25, 0.3) is 0 Å². The summed E-state index contributed by atoms with van der Waals surface area (Å²) in [5, 5.41) is 17.0. The van der Waals surface area contributed by atoms with Crippen LogP contribution in [0.1, 0.15) is 54.6 Å². The number of hydrogen-bond donors (Lipinski definition) is 1. The van der Waals surface area contributed by atoms with Crippen LogP contribution in [0.15, 0.2) is 0 Å². The molecule has 0 radical (unpaired) electrons. The van der Waals surface area contributed by atoms with Crippen LogP contribution in [0, 0.1) is 13.8 Å². The highest BCUT2D eigenvalue weighted by molar-refractivity contribution is 7.15. The highest BCUT2D eigenvalue weighted by atomic mass is 32.1. The normalized spacial score (nSPS) is 11.2. The van der Waals surface area contributed by atoms with Crippen molar-refractivity contribution >= 4 is 22.4 Å². The number of nitrogens with one attached hydrogen (secondary N) is 1. The molecule has 2 aromatic heterocycles. The van der Waals surface area contributed by atoms with Crippen LogP contribution in [-0.4, -0.2) is 25.9 Å². The molecule has 120 valence electrons. The van der Waals surface area contributed by atoms with E-state index in [0.717, 1.165) is 34.8 Å². The number of rotatable bonds is 6. The Morgan fingerprint density at radius 1 is 1.27 bits per heavy atom. The molecule has 0 aromatic carbocycles. The molecule has 0 saturated carbocycles. The van der Waals surface area contributed by atoms with Crippen molar-refractivity contribution in [3.8, 4) is 0 Å². The second-order valence-corrected chi connectivity index (χ2v) is 6.47. The molecule has 22 heavy (non-hydrogen) atoms. The Morgan fingerprint density at radius 3 is 2.50 bits per heavy atom. The first-order chi connectivity index (χ1) is 10.5. The molecule has 1 N–H and O–H groups in total. The first kappa shape index (κ1) is 16.6. The van der Waals surface area contributed by atoms with E-state index in [0.29, 0.717) is 17.5 Å². The van der Waals surface area contributed by atoms with Crippen LogP contribution < -0.4 is 5.32 Å². The van der Waals surface area contributed by atoms with Crippen LogP contribution >= 0.6 is 11.3 Å². The lowest BCUT2D eigenvalue weighted by Crippen LogP contribution is -2.15. The van der Waals surface area contributed by atoms with Crippen LogP contribution in [0.2, 0.25) is 0 Å². The molecule has 0 aliphatic heterocycles. The molecular weight excluding hydrogens is 298 g/mol. The molecule has 0 fully saturated rings. The molecule has 0 bridgehead atoms. The van der Waals surface area contributed by atoms with E-state index in [-0.39, 0.29) is 5.91 Å². The van der Waals surface area contributed by atoms with E-state index in [1.165, 1.54) is 11.3 Å². The summed E-state index contributed by atoms with van der Waals surface area (Å²) in [6.07, 6.45) is 2.38. The third kappa shape index (κ3) is 3.52. The average Bonchev–Trinajstić information content (AvgIpc) is 3.01. The van der Waals surface area contributed by atoms with Gasteiger partial charge in [-0.1, -0.05) is 25.2 Å². The van der Waals surface area contributed by atoms with Crippen molar-refractivity contribution in [2.75, 3.05) is 5.32 Å². The molecule has 6 nitrogen and oxygen atoms in total. The SMILES string of the molecule is CCC(CC)c1nnc(NC(=O)Cc2c(C)nn(C)c2C)s1. The number of carbonyl (C=O) groups is 1. The summed E-state index contributed by atoms with van der Waals surface area (Å²) < 4.78 is 1.80. The van der Waals surface area contributed by atoms with Crippen molar-refractivity contribution in [3.63, 3.8) is 0 Å². The molecule has 2 rings (SSSR count). The van der Waals surface area contributed by atoms with E-state index < -0.39 is 0 Å². The van der Waals surface area contributed by atoms with Gasteiger partial charge in [-0.3, -0.25) is 9.48 Å². The smallest absolute Gasteiger partial charge is 0.230 e. The van der Waals surface area contributed by atoms with E-state index in [1.807, 2.05) is 20.9 Å². The fraction of sp³-hybridized carbons (Fsp3) is 0.600. The first-order valence-electron chi connectivity index (χ1n) is 7.58. The van der Waals surface area contributed by atoms with E-state index in [4.69, 9.17) is 0 Å². The van der Waals surface area contributed by atoms with Gasteiger partial charge in [-0.15, -0.1) is 10.2 Å². The van der Waals surface area contributed by atoms with E-state index in [1.54, 1.807) is 4.68 Å². The average molecular weight is 321 g/mol. The summed E-state index contributed by atoms with van der Waals surface area (Å²) in [7, 11) is 1.89. The van der Waals surface area contributed by atoms with E-state index in [2.05, 4.69) is 34.5 Å². The Hall–Kier alpha value is -1.76. The highest BCUT2D eigenvalue weighted by Crippen LogP contribution is 2.28. The predicted octanol–water partition coefficient (Wildman–Crippen LogP) is 2.97. The molecule has 0 unspecified atom stereocenters. The maximum atomic E-state index is 12.2. The van der Waals surface area contributed by atoms with E-state index >= 15 is 0 Å². The Morgan fingerprint density at radius 2 is 1.95 bits per heavy atom. The summed E-state index contributed by atoms with van der Waals surface area (Å²) in [4.78, 5) is 12.2. The summed E-state index contributed by atoms with van der Waals surface area (Å²) in [5.41, 5.74) is 2.89. The Kier molecular flexibility index (Phi) is 5.28. The van der Waals surface area contributed by atoms with Gasteiger partial charge in [0.2, 0.25) is 11.0 Å². The zero-order valence-electron chi connectivity index (χ0n) is 13.8. The maximum absolute atomic E-state index is 12.2. The van der Waals surface area contributed by atoms with Crippen molar-refractivity contribution in [3.05, 3.63) is 22.0 Å². The monoisotopic (exact) mass is 321 g/mol. The molecule has 0 aliphatic rings. The van der Waals surface area contributed by atoms with Crippen molar-refractivity contribution in [1.82, 2.24) is 20.0 Å². The Bertz CT molecular complexity index is 657. The number of nitrogens with zero attached hydrogens (tertiary/aromatic N) is 4. The molecule has 2 heterocycles. The lowest BCUT2D eigenvalue weighted by Gasteiger charge is -2.05. The fourth-order valence-electron chi connectivity index (χ4n) is 2.49. The molecule has 1 amide bonds.